The van der Waals surface area contributed by atoms with Crippen LogP contribution in [-0.4, -0.2) is 20.5 Å². The van der Waals surface area contributed by atoms with Crippen LogP contribution in [0.4, 0.5) is 13.2 Å². The molecule has 0 saturated heterocycles. The first-order valence-corrected chi connectivity index (χ1v) is 5.94. The van der Waals surface area contributed by atoms with Gasteiger partial charge in [0.1, 0.15) is 17.7 Å². The number of nitrogens with two attached hydrogens (primary N) is 1. The molecule has 0 unspecified atom stereocenters. The highest BCUT2D eigenvalue weighted by Gasteiger charge is 2.21. The van der Waals surface area contributed by atoms with E-state index >= 15 is 0 Å². The first-order valence-electron chi connectivity index (χ1n) is 5.94. The molecular formula is C13H7F3N4O2. The number of carbonyl (C=O) groups is 1. The van der Waals surface area contributed by atoms with E-state index in [9.17, 15) is 22.8 Å². The van der Waals surface area contributed by atoms with E-state index in [-0.39, 0.29) is 11.3 Å². The van der Waals surface area contributed by atoms with Crippen LogP contribution in [0, 0.1) is 17.5 Å². The van der Waals surface area contributed by atoms with Crippen LogP contribution in [0.2, 0.25) is 0 Å². The second kappa shape index (κ2) is 4.72. The highest BCUT2D eigenvalue weighted by molar-refractivity contribution is 5.99. The van der Waals surface area contributed by atoms with Gasteiger partial charge in [-0.05, 0) is 6.07 Å². The largest absolute Gasteiger partial charge is 0.365 e. The molecule has 9 heteroatoms. The lowest BCUT2D eigenvalue weighted by molar-refractivity contribution is 0.100. The SMILES string of the molecule is NC(=O)c1c(=O)cc(-c2cc(F)cc(F)c2F)n2[nH]cnc12. The third kappa shape index (κ3) is 1.94. The summed E-state index contributed by atoms with van der Waals surface area (Å²) in [5.74, 6) is -4.79. The fourth-order valence-corrected chi connectivity index (χ4v) is 2.17. The van der Waals surface area contributed by atoms with Crippen molar-refractivity contribution in [2.45, 2.75) is 0 Å². The average Bonchev–Trinajstić information content (AvgIpc) is 2.90. The van der Waals surface area contributed by atoms with Gasteiger partial charge in [-0.1, -0.05) is 0 Å². The highest BCUT2D eigenvalue weighted by Crippen LogP contribution is 2.25. The number of aromatic amines is 1. The van der Waals surface area contributed by atoms with Crippen molar-refractivity contribution in [3.8, 4) is 11.3 Å². The summed E-state index contributed by atoms with van der Waals surface area (Å²) < 4.78 is 41.6. The number of aromatic nitrogens is 3. The molecule has 2 heterocycles. The number of nitrogens with one attached hydrogen (secondary N) is 1. The molecule has 1 aromatic carbocycles. The van der Waals surface area contributed by atoms with E-state index < -0.39 is 39.9 Å². The van der Waals surface area contributed by atoms with Gasteiger partial charge < -0.3 is 5.73 Å². The monoisotopic (exact) mass is 308 g/mol. The predicted octanol–water partition coefficient (Wildman–Crippen LogP) is 1.21. The third-order valence-corrected chi connectivity index (χ3v) is 3.08. The minimum Gasteiger partial charge on any atom is -0.365 e. The fraction of sp³-hybridized carbons (Fsp3) is 0. The Kier molecular flexibility index (Phi) is 2.98. The van der Waals surface area contributed by atoms with E-state index in [1.54, 1.807) is 0 Å². The van der Waals surface area contributed by atoms with Gasteiger partial charge in [0.2, 0.25) is 0 Å². The Labute approximate surface area is 120 Å². The topological polar surface area (TPSA) is 93.3 Å². The van der Waals surface area contributed by atoms with Crippen molar-refractivity contribution in [1.82, 2.24) is 14.6 Å². The van der Waals surface area contributed by atoms with Crippen molar-refractivity contribution < 1.29 is 18.0 Å². The van der Waals surface area contributed by atoms with Gasteiger partial charge in [0.25, 0.3) is 5.91 Å². The fourth-order valence-electron chi connectivity index (χ4n) is 2.17. The van der Waals surface area contributed by atoms with E-state index in [1.165, 1.54) is 0 Å². The molecule has 0 spiro atoms. The molecule has 0 bridgehead atoms. The number of nitrogens with zero attached hydrogens (tertiary/aromatic N) is 2. The minimum absolute atomic E-state index is 0.168. The molecule has 0 atom stereocenters. The number of rotatable bonds is 2. The van der Waals surface area contributed by atoms with Crippen molar-refractivity contribution in [2.24, 2.45) is 5.73 Å². The molecule has 112 valence electrons. The standard InChI is InChI=1S/C13H7F3N4O2/c14-5-1-6(11(16)7(15)2-5)8-3-9(21)10(12(17)22)13-18-4-19-20(8)13/h1-4H,(H2,17,22)(H,18,19). The smallest absolute Gasteiger partial charge is 0.256 e. The van der Waals surface area contributed by atoms with E-state index in [4.69, 9.17) is 5.73 Å². The van der Waals surface area contributed by atoms with Gasteiger partial charge in [0, 0.05) is 17.7 Å². The highest BCUT2D eigenvalue weighted by atomic mass is 19.2. The van der Waals surface area contributed by atoms with Crippen molar-refractivity contribution >= 4 is 11.6 Å². The Hall–Kier alpha value is -3.10. The number of hydrogen-bond donors (Lipinski definition) is 2. The predicted molar refractivity (Wildman–Crippen MR) is 69.6 cm³/mol. The maximum Gasteiger partial charge on any atom is 0.256 e. The second-order valence-electron chi connectivity index (χ2n) is 4.43. The Morgan fingerprint density at radius 3 is 2.64 bits per heavy atom. The lowest BCUT2D eigenvalue weighted by atomic mass is 10.1. The summed E-state index contributed by atoms with van der Waals surface area (Å²) in [4.78, 5) is 27.0. The number of fused-ring (bicyclic) bond motifs is 1. The molecule has 2 aromatic heterocycles. The molecule has 3 N–H and O–H groups in total. The zero-order chi connectivity index (χ0) is 16.0. The number of halogens is 3. The Morgan fingerprint density at radius 1 is 1.23 bits per heavy atom. The lowest BCUT2D eigenvalue weighted by Crippen LogP contribution is -2.23. The minimum atomic E-state index is -1.41. The molecule has 1 amide bonds. The van der Waals surface area contributed by atoms with Crippen LogP contribution in [0.5, 0.6) is 0 Å². The van der Waals surface area contributed by atoms with Crippen LogP contribution in [0.1, 0.15) is 10.4 Å². The number of benzene rings is 1. The molecule has 0 aliphatic carbocycles. The molecule has 0 aliphatic heterocycles. The van der Waals surface area contributed by atoms with Crippen LogP contribution in [0.15, 0.2) is 29.3 Å². The summed E-state index contributed by atoms with van der Waals surface area (Å²) >= 11 is 0. The quantitative estimate of drug-likeness (QED) is 0.697. The van der Waals surface area contributed by atoms with Crippen LogP contribution in [0.25, 0.3) is 16.9 Å². The van der Waals surface area contributed by atoms with E-state index in [2.05, 4.69) is 10.1 Å². The Bertz CT molecular complexity index is 977. The average molecular weight is 308 g/mol. The van der Waals surface area contributed by atoms with Crippen molar-refractivity contribution in [3.05, 3.63) is 57.8 Å². The van der Waals surface area contributed by atoms with Gasteiger partial charge in [-0.2, -0.15) is 0 Å². The first kappa shape index (κ1) is 13.9. The van der Waals surface area contributed by atoms with E-state index in [0.717, 1.165) is 23.0 Å². The first-order chi connectivity index (χ1) is 10.4. The van der Waals surface area contributed by atoms with Gasteiger partial charge in [-0.15, -0.1) is 0 Å². The zero-order valence-electron chi connectivity index (χ0n) is 10.7. The molecule has 0 fully saturated rings. The molecule has 6 nitrogen and oxygen atoms in total. The van der Waals surface area contributed by atoms with E-state index in [1.807, 2.05) is 0 Å². The molecule has 22 heavy (non-hydrogen) atoms. The number of amides is 1. The van der Waals surface area contributed by atoms with Crippen LogP contribution in [0.3, 0.4) is 0 Å². The maximum absolute atomic E-state index is 13.9. The Morgan fingerprint density at radius 2 is 1.95 bits per heavy atom. The van der Waals surface area contributed by atoms with Crippen LogP contribution < -0.4 is 11.2 Å². The lowest BCUT2D eigenvalue weighted by Gasteiger charge is -2.08. The van der Waals surface area contributed by atoms with Crippen LogP contribution >= 0.6 is 0 Å². The van der Waals surface area contributed by atoms with Gasteiger partial charge in [0.05, 0.1) is 5.69 Å². The molecule has 3 aromatic rings. The van der Waals surface area contributed by atoms with Gasteiger partial charge in [-0.25, -0.2) is 22.7 Å². The van der Waals surface area contributed by atoms with Crippen molar-refractivity contribution in [3.63, 3.8) is 0 Å². The summed E-state index contributed by atoms with van der Waals surface area (Å²) in [5, 5.41) is 2.52. The summed E-state index contributed by atoms with van der Waals surface area (Å²) in [6.07, 6.45) is 1.12. The molecular weight excluding hydrogens is 301 g/mol. The normalized spacial score (nSPS) is 11.0. The summed E-state index contributed by atoms with van der Waals surface area (Å²) in [5.41, 5.74) is 3.00. The molecule has 3 rings (SSSR count). The molecule has 0 saturated carbocycles. The number of primary amides is 1. The molecule has 0 radical (unpaired) electrons. The van der Waals surface area contributed by atoms with Crippen molar-refractivity contribution in [1.29, 1.82) is 0 Å². The number of carbonyl (C=O) groups excluding carboxylic acids is 1. The van der Waals surface area contributed by atoms with Gasteiger partial charge in [-0.3, -0.25) is 14.7 Å². The van der Waals surface area contributed by atoms with Crippen molar-refractivity contribution in [2.75, 3.05) is 0 Å². The number of H-pyrrole nitrogens is 1. The Balaban J connectivity index is 2.44. The summed E-state index contributed by atoms with van der Waals surface area (Å²) in [6, 6.07) is 1.95. The van der Waals surface area contributed by atoms with Gasteiger partial charge in [0.15, 0.2) is 22.7 Å². The number of hydrogen-bond acceptors (Lipinski definition) is 3. The zero-order valence-corrected chi connectivity index (χ0v) is 10.7. The maximum atomic E-state index is 13.9. The summed E-state index contributed by atoms with van der Waals surface area (Å²) in [6.45, 7) is 0. The summed E-state index contributed by atoms with van der Waals surface area (Å²) in [7, 11) is 0. The van der Waals surface area contributed by atoms with Gasteiger partial charge >= 0.3 is 0 Å². The number of pyridine rings is 1. The van der Waals surface area contributed by atoms with Crippen LogP contribution in [-0.2, 0) is 0 Å². The second-order valence-corrected chi connectivity index (χ2v) is 4.43. The third-order valence-electron chi connectivity index (χ3n) is 3.08. The van der Waals surface area contributed by atoms with E-state index in [0.29, 0.717) is 6.07 Å². The molecule has 0 aliphatic rings.